The Labute approximate surface area is 162 Å². The number of aliphatic carboxylic acids is 1. The predicted molar refractivity (Wildman–Crippen MR) is 97.7 cm³/mol. The van der Waals surface area contributed by atoms with E-state index in [2.05, 4.69) is 16.0 Å². The van der Waals surface area contributed by atoms with Crippen LogP contribution < -0.4 is 27.4 Å². The molecule has 0 radical (unpaired) electrons. The predicted octanol–water partition coefficient (Wildman–Crippen LogP) is -3.42. The van der Waals surface area contributed by atoms with E-state index >= 15 is 0 Å². The number of aldehydes is 1. The largest absolute Gasteiger partial charge is 0.481 e. The number of nitrogens with two attached hydrogens (primary N) is 2. The van der Waals surface area contributed by atoms with Gasteiger partial charge in [-0.05, 0) is 26.2 Å². The van der Waals surface area contributed by atoms with Gasteiger partial charge in [0.1, 0.15) is 12.3 Å². The molecule has 28 heavy (non-hydrogen) atoms. The third kappa shape index (κ3) is 11.2. The summed E-state index contributed by atoms with van der Waals surface area (Å²) < 4.78 is 0. The van der Waals surface area contributed by atoms with Crippen LogP contribution in [0.3, 0.4) is 0 Å². The highest BCUT2D eigenvalue weighted by Crippen LogP contribution is 2.02. The monoisotopic (exact) mass is 403 g/mol. The molecule has 0 aromatic heterocycles. The van der Waals surface area contributed by atoms with Gasteiger partial charge in [-0.2, -0.15) is 0 Å². The molecule has 0 heterocycles. The first-order valence-electron chi connectivity index (χ1n) is 8.78. The van der Waals surface area contributed by atoms with Crippen molar-refractivity contribution in [2.75, 3.05) is 13.1 Å². The number of hydrogen-bond donors (Lipinski definition) is 7. The second kappa shape index (κ2) is 13.6. The summed E-state index contributed by atoms with van der Waals surface area (Å²) in [6, 6.07) is -2.89. The first-order valence-corrected chi connectivity index (χ1v) is 8.78. The molecule has 0 aliphatic heterocycles. The number of carboxylic acids is 1. The fraction of sp³-hybridized carbons (Fsp3) is 0.688. The third-order valence-corrected chi connectivity index (χ3v) is 3.71. The molecule has 0 rings (SSSR count). The van der Waals surface area contributed by atoms with Crippen molar-refractivity contribution >= 4 is 30.0 Å². The van der Waals surface area contributed by atoms with E-state index in [1.807, 2.05) is 0 Å². The molecular formula is C16H29N5O7. The van der Waals surface area contributed by atoms with Crippen LogP contribution in [0, 0.1) is 0 Å². The number of carbonyl (C=O) groups excluding carboxylic acids is 4. The molecular weight excluding hydrogens is 374 g/mol. The van der Waals surface area contributed by atoms with Crippen molar-refractivity contribution in [1.82, 2.24) is 16.0 Å². The van der Waals surface area contributed by atoms with E-state index < -0.39 is 54.5 Å². The van der Waals surface area contributed by atoms with E-state index in [0.29, 0.717) is 6.29 Å². The minimum Gasteiger partial charge on any atom is -0.481 e. The van der Waals surface area contributed by atoms with E-state index in [9.17, 15) is 29.1 Å². The molecule has 12 heteroatoms. The van der Waals surface area contributed by atoms with Gasteiger partial charge in [-0.3, -0.25) is 19.2 Å². The molecule has 0 bridgehead atoms. The average molecular weight is 403 g/mol. The van der Waals surface area contributed by atoms with Crippen LogP contribution in [-0.4, -0.2) is 77.5 Å². The number of rotatable bonds is 14. The Morgan fingerprint density at radius 1 is 1.07 bits per heavy atom. The van der Waals surface area contributed by atoms with Gasteiger partial charge in [0.25, 0.3) is 0 Å². The van der Waals surface area contributed by atoms with Gasteiger partial charge < -0.3 is 42.4 Å². The Balaban J connectivity index is 4.68. The van der Waals surface area contributed by atoms with Crippen molar-refractivity contribution in [3.05, 3.63) is 0 Å². The minimum absolute atomic E-state index is 0.0125. The Hall–Kier alpha value is -2.57. The lowest BCUT2D eigenvalue weighted by atomic mass is 10.1. The van der Waals surface area contributed by atoms with Crippen molar-refractivity contribution in [2.45, 2.75) is 56.8 Å². The summed E-state index contributed by atoms with van der Waals surface area (Å²) in [5, 5.41) is 25.1. The molecule has 9 N–H and O–H groups in total. The Bertz CT molecular complexity index is 556. The fourth-order valence-electron chi connectivity index (χ4n) is 2.05. The molecule has 0 saturated carbocycles. The summed E-state index contributed by atoms with van der Waals surface area (Å²) in [6.45, 7) is 0.935. The second-order valence-corrected chi connectivity index (χ2v) is 6.28. The zero-order valence-corrected chi connectivity index (χ0v) is 15.7. The summed E-state index contributed by atoms with van der Waals surface area (Å²) in [5.74, 6) is -3.07. The highest BCUT2D eigenvalue weighted by Gasteiger charge is 2.23. The van der Waals surface area contributed by atoms with Gasteiger partial charge in [-0.15, -0.1) is 0 Å². The third-order valence-electron chi connectivity index (χ3n) is 3.71. The van der Waals surface area contributed by atoms with Gasteiger partial charge in [-0.1, -0.05) is 0 Å². The van der Waals surface area contributed by atoms with Gasteiger partial charge in [0.05, 0.1) is 24.7 Å². The lowest BCUT2D eigenvalue weighted by molar-refractivity contribution is -0.137. The average Bonchev–Trinajstić information content (AvgIpc) is 2.65. The number of hydrogen-bond acceptors (Lipinski definition) is 8. The SMILES string of the molecule is C[C@H](N)C(=O)N[C@@H](CC[C@@H](O)CN)C(=O)NCC(=O)N[C@H](C=O)CCC(=O)O. The van der Waals surface area contributed by atoms with Gasteiger partial charge in [0, 0.05) is 13.0 Å². The molecule has 3 amide bonds. The van der Waals surface area contributed by atoms with Crippen LogP contribution in [0.1, 0.15) is 32.6 Å². The molecule has 0 unspecified atom stereocenters. The molecule has 4 atom stereocenters. The van der Waals surface area contributed by atoms with E-state index in [1.54, 1.807) is 0 Å². The highest BCUT2D eigenvalue weighted by atomic mass is 16.4. The topological polar surface area (TPSA) is 214 Å². The van der Waals surface area contributed by atoms with Crippen molar-refractivity contribution in [3.8, 4) is 0 Å². The molecule has 12 nitrogen and oxygen atoms in total. The number of amides is 3. The van der Waals surface area contributed by atoms with Gasteiger partial charge in [0.2, 0.25) is 17.7 Å². The van der Waals surface area contributed by atoms with Gasteiger partial charge in [-0.25, -0.2) is 0 Å². The summed E-state index contributed by atoms with van der Waals surface area (Å²) in [6.07, 6.45) is -0.619. The first-order chi connectivity index (χ1) is 13.1. The smallest absolute Gasteiger partial charge is 0.303 e. The van der Waals surface area contributed by atoms with Gasteiger partial charge in [0.15, 0.2) is 0 Å². The van der Waals surface area contributed by atoms with Crippen molar-refractivity contribution in [2.24, 2.45) is 11.5 Å². The molecule has 0 saturated heterocycles. The summed E-state index contributed by atoms with van der Waals surface area (Å²) in [7, 11) is 0. The van der Waals surface area contributed by atoms with Crippen LogP contribution in [0.15, 0.2) is 0 Å². The summed E-state index contributed by atoms with van der Waals surface area (Å²) in [5.41, 5.74) is 10.8. The normalized spacial score (nSPS) is 14.9. The van der Waals surface area contributed by atoms with Gasteiger partial charge >= 0.3 is 5.97 Å². The number of aliphatic hydroxyl groups excluding tert-OH is 1. The lowest BCUT2D eigenvalue weighted by Crippen LogP contribution is -2.53. The molecule has 0 aliphatic rings. The quantitative estimate of drug-likeness (QED) is 0.144. The van der Waals surface area contributed by atoms with Crippen LogP contribution >= 0.6 is 0 Å². The Kier molecular flexibility index (Phi) is 12.3. The number of carboxylic acid groups (broad SMARTS) is 1. The van der Waals surface area contributed by atoms with Crippen LogP contribution in [0.2, 0.25) is 0 Å². The Morgan fingerprint density at radius 3 is 2.21 bits per heavy atom. The van der Waals surface area contributed by atoms with Crippen LogP contribution in [0.4, 0.5) is 0 Å². The highest BCUT2D eigenvalue weighted by molar-refractivity contribution is 5.92. The van der Waals surface area contributed by atoms with Crippen molar-refractivity contribution < 1.29 is 34.2 Å². The number of aliphatic hydroxyl groups is 1. The number of nitrogens with one attached hydrogen (secondary N) is 3. The lowest BCUT2D eigenvalue weighted by Gasteiger charge is -2.21. The van der Waals surface area contributed by atoms with Crippen molar-refractivity contribution in [3.63, 3.8) is 0 Å². The van der Waals surface area contributed by atoms with Crippen LogP contribution in [-0.2, 0) is 24.0 Å². The van der Waals surface area contributed by atoms with Crippen LogP contribution in [0.25, 0.3) is 0 Å². The minimum atomic E-state index is -1.11. The maximum Gasteiger partial charge on any atom is 0.303 e. The van der Waals surface area contributed by atoms with Crippen molar-refractivity contribution in [1.29, 1.82) is 0 Å². The van der Waals surface area contributed by atoms with E-state index in [4.69, 9.17) is 16.6 Å². The maximum atomic E-state index is 12.3. The van der Waals surface area contributed by atoms with E-state index in [1.165, 1.54) is 6.92 Å². The van der Waals surface area contributed by atoms with E-state index in [0.717, 1.165) is 0 Å². The zero-order chi connectivity index (χ0) is 21.7. The summed E-state index contributed by atoms with van der Waals surface area (Å²) >= 11 is 0. The standard InChI is InChI=1S/C16H29N5O7/c1-9(18)15(27)21-12(4-3-11(23)6-17)16(28)19-7-13(24)20-10(8-22)2-5-14(25)26/h8-12,23H,2-7,17-18H2,1H3,(H,19,28)(H,20,24)(H,21,27)(H,25,26)/t9-,10-,11+,12-/m0/s1. The zero-order valence-electron chi connectivity index (χ0n) is 15.7. The maximum absolute atomic E-state index is 12.3. The first kappa shape index (κ1) is 25.4. The fourth-order valence-corrected chi connectivity index (χ4v) is 2.05. The molecule has 0 spiro atoms. The molecule has 0 fully saturated rings. The Morgan fingerprint density at radius 2 is 1.71 bits per heavy atom. The van der Waals surface area contributed by atoms with E-state index in [-0.39, 0.29) is 32.2 Å². The molecule has 160 valence electrons. The van der Waals surface area contributed by atoms with Crippen LogP contribution in [0.5, 0.6) is 0 Å². The molecule has 0 aromatic rings. The number of carbonyl (C=O) groups is 5. The second-order valence-electron chi connectivity index (χ2n) is 6.28. The molecule has 0 aliphatic carbocycles. The molecule has 0 aromatic carbocycles. The summed E-state index contributed by atoms with van der Waals surface area (Å²) in [4.78, 5) is 57.2.